The van der Waals surface area contributed by atoms with Crippen molar-refractivity contribution in [3.8, 4) is 6.07 Å². The van der Waals surface area contributed by atoms with Gasteiger partial charge in [0.1, 0.15) is 0 Å². The van der Waals surface area contributed by atoms with E-state index in [2.05, 4.69) is 0 Å². The number of nitriles is 1. The number of alkyl halides is 3. The summed E-state index contributed by atoms with van der Waals surface area (Å²) in [5, 5.41) is 8.56. The van der Waals surface area contributed by atoms with E-state index in [0.29, 0.717) is 19.3 Å². The first-order chi connectivity index (χ1) is 6.00. The van der Waals surface area contributed by atoms with Crippen LogP contribution >= 0.6 is 0 Å². The van der Waals surface area contributed by atoms with Crippen LogP contribution in [0.2, 0.25) is 0 Å². The maximum atomic E-state index is 12.5. The highest BCUT2D eigenvalue weighted by molar-refractivity contribution is 4.98. The minimum atomic E-state index is -4.20. The van der Waals surface area contributed by atoms with Crippen LogP contribution in [0.1, 0.15) is 26.2 Å². The molecule has 1 nitrogen and oxygen atoms in total. The average molecular weight is 191 g/mol. The molecule has 4 heteroatoms. The highest BCUT2D eigenvalue weighted by Gasteiger charge is 2.51. The summed E-state index contributed by atoms with van der Waals surface area (Å²) in [6.07, 6.45) is -2.74. The topological polar surface area (TPSA) is 23.8 Å². The molecule has 0 N–H and O–H groups in total. The second-order valence-electron chi connectivity index (χ2n) is 3.55. The Kier molecular flexibility index (Phi) is 2.84. The van der Waals surface area contributed by atoms with E-state index in [4.69, 9.17) is 5.26 Å². The summed E-state index contributed by atoms with van der Waals surface area (Å²) in [7, 11) is 0. The molecular formula is C9H12F3N. The fraction of sp³-hybridized carbons (Fsp3) is 0.889. The standard InChI is InChI=1S/C9H12F3N/c1-2-6-3-4-7(5-13)8(6)9(10,11)12/h6-8H,2-4H2,1H3. The Balaban J connectivity index is 2.81. The van der Waals surface area contributed by atoms with Crippen molar-refractivity contribution in [3.63, 3.8) is 0 Å². The smallest absolute Gasteiger partial charge is 0.198 e. The normalized spacial score (nSPS) is 34.5. The number of nitrogens with zero attached hydrogens (tertiary/aromatic N) is 1. The summed E-state index contributed by atoms with van der Waals surface area (Å²) in [4.78, 5) is 0. The van der Waals surface area contributed by atoms with Crippen molar-refractivity contribution in [2.24, 2.45) is 17.8 Å². The van der Waals surface area contributed by atoms with Gasteiger partial charge in [0.05, 0.1) is 17.9 Å². The minimum Gasteiger partial charge on any atom is -0.198 e. The Morgan fingerprint density at radius 2 is 2.00 bits per heavy atom. The predicted molar refractivity (Wildman–Crippen MR) is 41.7 cm³/mol. The van der Waals surface area contributed by atoms with Gasteiger partial charge in [-0.15, -0.1) is 0 Å². The molecule has 74 valence electrons. The molecule has 0 aromatic carbocycles. The Morgan fingerprint density at radius 3 is 2.38 bits per heavy atom. The summed E-state index contributed by atoms with van der Waals surface area (Å²) in [6.45, 7) is 1.75. The summed E-state index contributed by atoms with van der Waals surface area (Å²) in [5.41, 5.74) is 0. The quantitative estimate of drug-likeness (QED) is 0.624. The lowest BCUT2D eigenvalue weighted by atomic mass is 9.88. The zero-order valence-electron chi connectivity index (χ0n) is 7.43. The van der Waals surface area contributed by atoms with Gasteiger partial charge in [-0.3, -0.25) is 0 Å². The van der Waals surface area contributed by atoms with Crippen LogP contribution in [0.3, 0.4) is 0 Å². The number of hydrogen-bond donors (Lipinski definition) is 0. The molecule has 0 saturated heterocycles. The third-order valence-corrected chi connectivity index (χ3v) is 2.86. The molecule has 13 heavy (non-hydrogen) atoms. The zero-order chi connectivity index (χ0) is 10.1. The number of halogens is 3. The van der Waals surface area contributed by atoms with E-state index in [0.717, 1.165) is 0 Å². The van der Waals surface area contributed by atoms with Crippen LogP contribution in [0.4, 0.5) is 13.2 Å². The molecule has 1 saturated carbocycles. The SMILES string of the molecule is CCC1CCC(C#N)C1C(F)(F)F. The average Bonchev–Trinajstić information content (AvgIpc) is 2.45. The molecule has 0 heterocycles. The lowest BCUT2D eigenvalue weighted by molar-refractivity contribution is -0.190. The van der Waals surface area contributed by atoms with E-state index in [9.17, 15) is 13.2 Å². The molecular weight excluding hydrogens is 179 g/mol. The molecule has 0 aromatic heterocycles. The lowest BCUT2D eigenvalue weighted by Crippen LogP contribution is -2.30. The molecule has 3 unspecified atom stereocenters. The molecule has 0 radical (unpaired) electrons. The van der Waals surface area contributed by atoms with Crippen LogP contribution in [-0.2, 0) is 0 Å². The molecule has 0 aromatic rings. The van der Waals surface area contributed by atoms with E-state index in [-0.39, 0.29) is 5.92 Å². The van der Waals surface area contributed by atoms with Crippen LogP contribution in [0.25, 0.3) is 0 Å². The van der Waals surface area contributed by atoms with Crippen LogP contribution in [0.5, 0.6) is 0 Å². The highest BCUT2D eigenvalue weighted by atomic mass is 19.4. The van der Waals surface area contributed by atoms with Crippen LogP contribution in [0.15, 0.2) is 0 Å². The molecule has 0 bridgehead atoms. The van der Waals surface area contributed by atoms with Gasteiger partial charge in [-0.05, 0) is 18.8 Å². The zero-order valence-corrected chi connectivity index (χ0v) is 7.43. The van der Waals surface area contributed by atoms with Crippen molar-refractivity contribution < 1.29 is 13.2 Å². The lowest BCUT2D eigenvalue weighted by Gasteiger charge is -2.23. The fourth-order valence-corrected chi connectivity index (χ4v) is 2.18. The largest absolute Gasteiger partial charge is 0.393 e. The van der Waals surface area contributed by atoms with Crippen molar-refractivity contribution in [1.29, 1.82) is 5.26 Å². The Labute approximate surface area is 75.5 Å². The van der Waals surface area contributed by atoms with Gasteiger partial charge in [0, 0.05) is 0 Å². The van der Waals surface area contributed by atoms with Crippen molar-refractivity contribution in [1.82, 2.24) is 0 Å². The second-order valence-corrected chi connectivity index (χ2v) is 3.55. The molecule has 1 fully saturated rings. The highest BCUT2D eigenvalue weighted by Crippen LogP contribution is 2.47. The fourth-order valence-electron chi connectivity index (χ4n) is 2.18. The molecule has 0 amide bonds. The van der Waals surface area contributed by atoms with E-state index >= 15 is 0 Å². The summed E-state index contributed by atoms with van der Waals surface area (Å²) in [6, 6.07) is 1.76. The third-order valence-electron chi connectivity index (χ3n) is 2.86. The Hall–Kier alpha value is -0.720. The summed E-state index contributed by atoms with van der Waals surface area (Å²) < 4.78 is 37.5. The van der Waals surface area contributed by atoms with Crippen molar-refractivity contribution in [3.05, 3.63) is 0 Å². The van der Waals surface area contributed by atoms with Gasteiger partial charge in [0.25, 0.3) is 0 Å². The third kappa shape index (κ3) is 1.96. The first-order valence-corrected chi connectivity index (χ1v) is 4.47. The predicted octanol–water partition coefficient (Wildman–Crippen LogP) is 3.12. The second kappa shape index (κ2) is 3.57. The van der Waals surface area contributed by atoms with Crippen LogP contribution < -0.4 is 0 Å². The first kappa shape index (κ1) is 10.4. The molecule has 1 aliphatic rings. The molecule has 0 aliphatic heterocycles. The number of rotatable bonds is 1. The van der Waals surface area contributed by atoms with E-state index in [1.807, 2.05) is 0 Å². The molecule has 0 spiro atoms. The Morgan fingerprint density at radius 1 is 1.38 bits per heavy atom. The monoisotopic (exact) mass is 191 g/mol. The Bertz CT molecular complexity index is 216. The maximum absolute atomic E-state index is 12.5. The van der Waals surface area contributed by atoms with E-state index < -0.39 is 18.0 Å². The van der Waals surface area contributed by atoms with Gasteiger partial charge in [-0.2, -0.15) is 18.4 Å². The van der Waals surface area contributed by atoms with Crippen LogP contribution in [-0.4, -0.2) is 6.18 Å². The van der Waals surface area contributed by atoms with E-state index in [1.54, 1.807) is 13.0 Å². The summed E-state index contributed by atoms with van der Waals surface area (Å²) >= 11 is 0. The van der Waals surface area contributed by atoms with Gasteiger partial charge >= 0.3 is 6.18 Å². The van der Waals surface area contributed by atoms with Gasteiger partial charge in [0.15, 0.2) is 0 Å². The van der Waals surface area contributed by atoms with Crippen LogP contribution in [0, 0.1) is 29.1 Å². The molecule has 1 aliphatic carbocycles. The molecule has 1 rings (SSSR count). The van der Waals surface area contributed by atoms with Gasteiger partial charge in [-0.1, -0.05) is 13.3 Å². The molecule has 3 atom stereocenters. The number of hydrogen-bond acceptors (Lipinski definition) is 1. The minimum absolute atomic E-state index is 0.343. The van der Waals surface area contributed by atoms with Gasteiger partial charge in [-0.25, -0.2) is 0 Å². The van der Waals surface area contributed by atoms with Crippen molar-refractivity contribution >= 4 is 0 Å². The van der Waals surface area contributed by atoms with Gasteiger partial charge < -0.3 is 0 Å². The van der Waals surface area contributed by atoms with Crippen molar-refractivity contribution in [2.45, 2.75) is 32.4 Å². The van der Waals surface area contributed by atoms with Crippen molar-refractivity contribution in [2.75, 3.05) is 0 Å². The van der Waals surface area contributed by atoms with E-state index in [1.165, 1.54) is 0 Å². The first-order valence-electron chi connectivity index (χ1n) is 4.47. The summed E-state index contributed by atoms with van der Waals surface area (Å²) in [5.74, 6) is -2.54. The van der Waals surface area contributed by atoms with Gasteiger partial charge in [0.2, 0.25) is 0 Å². The maximum Gasteiger partial charge on any atom is 0.393 e.